The highest BCUT2D eigenvalue weighted by atomic mass is 79.9. The van der Waals surface area contributed by atoms with Crippen molar-refractivity contribution < 1.29 is 17.6 Å². The van der Waals surface area contributed by atoms with Crippen molar-refractivity contribution in [1.29, 1.82) is 0 Å². The smallest absolute Gasteiger partial charge is 0.256 e. The van der Waals surface area contributed by atoms with Gasteiger partial charge in [-0.2, -0.15) is 0 Å². The lowest BCUT2D eigenvalue weighted by molar-refractivity contribution is 0.0949. The number of sulfonamides is 1. The first-order chi connectivity index (χ1) is 10.3. The van der Waals surface area contributed by atoms with Crippen LogP contribution in [0, 0.1) is 13.8 Å². The van der Waals surface area contributed by atoms with E-state index in [4.69, 9.17) is 4.42 Å². The quantitative estimate of drug-likeness (QED) is 0.798. The van der Waals surface area contributed by atoms with Gasteiger partial charge in [-0.1, -0.05) is 0 Å². The van der Waals surface area contributed by atoms with Gasteiger partial charge in [0.1, 0.15) is 15.7 Å². The highest BCUT2D eigenvalue weighted by molar-refractivity contribution is 9.10. The number of hydrogen-bond donors (Lipinski definition) is 2. The van der Waals surface area contributed by atoms with E-state index in [9.17, 15) is 13.2 Å². The minimum atomic E-state index is -3.44. The lowest BCUT2D eigenvalue weighted by atomic mass is 10.2. The minimum absolute atomic E-state index is 0.218. The summed E-state index contributed by atoms with van der Waals surface area (Å²) < 4.78 is 31.8. The largest absolute Gasteiger partial charge is 0.465 e. The summed E-state index contributed by atoms with van der Waals surface area (Å²) in [7, 11) is -2.09. The molecule has 9 heteroatoms. The second-order valence-corrected chi connectivity index (χ2v) is 8.59. The van der Waals surface area contributed by atoms with Crippen molar-refractivity contribution in [3.05, 3.63) is 38.6 Å². The molecule has 0 radical (unpaired) electrons. The van der Waals surface area contributed by atoms with E-state index in [0.717, 1.165) is 16.2 Å². The molecule has 2 aromatic rings. The monoisotopic (exact) mass is 406 g/mol. The van der Waals surface area contributed by atoms with E-state index in [0.29, 0.717) is 21.6 Å². The van der Waals surface area contributed by atoms with Crippen LogP contribution >= 0.6 is 27.3 Å². The van der Waals surface area contributed by atoms with Crippen LogP contribution in [-0.4, -0.2) is 21.4 Å². The molecule has 120 valence electrons. The Labute approximate surface area is 141 Å². The van der Waals surface area contributed by atoms with Crippen molar-refractivity contribution in [2.24, 2.45) is 0 Å². The van der Waals surface area contributed by atoms with Gasteiger partial charge in [-0.15, -0.1) is 11.3 Å². The van der Waals surface area contributed by atoms with E-state index in [1.54, 1.807) is 19.9 Å². The molecule has 0 aliphatic heterocycles. The summed E-state index contributed by atoms with van der Waals surface area (Å²) in [5.74, 6) is 0.903. The van der Waals surface area contributed by atoms with Crippen LogP contribution in [0.1, 0.15) is 26.8 Å². The number of aryl methyl sites for hydroxylation is 2. The van der Waals surface area contributed by atoms with Gasteiger partial charge >= 0.3 is 0 Å². The maximum absolute atomic E-state index is 12.2. The Morgan fingerprint density at radius 2 is 2.00 bits per heavy atom. The zero-order valence-corrected chi connectivity index (χ0v) is 15.4. The van der Waals surface area contributed by atoms with Gasteiger partial charge in [0.2, 0.25) is 10.0 Å². The number of amides is 1. The molecule has 0 spiro atoms. The SMILES string of the molecule is CNS(=O)(=O)c1ccc(CNC(=O)c2c(C)oc(C)c2Br)s1. The first-order valence-electron chi connectivity index (χ1n) is 6.32. The lowest BCUT2D eigenvalue weighted by Crippen LogP contribution is -2.23. The number of nitrogens with one attached hydrogen (secondary N) is 2. The minimum Gasteiger partial charge on any atom is -0.465 e. The number of halogens is 1. The number of carbonyl (C=O) groups is 1. The first-order valence-corrected chi connectivity index (χ1v) is 9.41. The fourth-order valence-corrected chi connectivity index (χ4v) is 4.54. The average molecular weight is 407 g/mol. The molecule has 0 bridgehead atoms. The summed E-state index contributed by atoms with van der Waals surface area (Å²) in [6, 6.07) is 3.19. The van der Waals surface area contributed by atoms with Crippen LogP contribution < -0.4 is 10.0 Å². The number of furan rings is 1. The van der Waals surface area contributed by atoms with Gasteiger partial charge in [-0.05, 0) is 49.0 Å². The fraction of sp³-hybridized carbons (Fsp3) is 0.308. The van der Waals surface area contributed by atoms with Crippen LogP contribution in [0.2, 0.25) is 0 Å². The summed E-state index contributed by atoms with van der Waals surface area (Å²) in [4.78, 5) is 13.0. The Bertz CT molecular complexity index is 808. The molecule has 6 nitrogen and oxygen atoms in total. The second-order valence-electron chi connectivity index (χ2n) is 4.51. The summed E-state index contributed by atoms with van der Waals surface area (Å²) in [5, 5.41) is 2.76. The van der Waals surface area contributed by atoms with Gasteiger partial charge in [-0.25, -0.2) is 13.1 Å². The van der Waals surface area contributed by atoms with E-state index in [-0.39, 0.29) is 16.7 Å². The van der Waals surface area contributed by atoms with Crippen LogP contribution in [0.25, 0.3) is 0 Å². The highest BCUT2D eigenvalue weighted by Crippen LogP contribution is 2.27. The topological polar surface area (TPSA) is 88.4 Å². The molecule has 22 heavy (non-hydrogen) atoms. The van der Waals surface area contributed by atoms with Gasteiger partial charge < -0.3 is 9.73 Å². The summed E-state index contributed by atoms with van der Waals surface area (Å²) >= 11 is 4.44. The number of rotatable bonds is 5. The molecule has 2 N–H and O–H groups in total. The molecule has 2 aromatic heterocycles. The van der Waals surface area contributed by atoms with Gasteiger partial charge in [0.25, 0.3) is 5.91 Å². The van der Waals surface area contributed by atoms with E-state index in [1.807, 2.05) is 0 Å². The third-order valence-corrected chi connectivity index (χ3v) is 6.95. The van der Waals surface area contributed by atoms with Gasteiger partial charge in [0, 0.05) is 4.88 Å². The molecule has 0 saturated carbocycles. The van der Waals surface area contributed by atoms with Crippen molar-refractivity contribution in [2.75, 3.05) is 7.05 Å². The maximum atomic E-state index is 12.2. The molecule has 2 rings (SSSR count). The van der Waals surface area contributed by atoms with Crippen molar-refractivity contribution >= 4 is 43.2 Å². The van der Waals surface area contributed by atoms with E-state index in [1.165, 1.54) is 13.1 Å². The van der Waals surface area contributed by atoms with E-state index < -0.39 is 10.0 Å². The fourth-order valence-electron chi connectivity index (χ4n) is 1.87. The van der Waals surface area contributed by atoms with Crippen molar-refractivity contribution in [3.63, 3.8) is 0 Å². The molecule has 0 unspecified atom stereocenters. The van der Waals surface area contributed by atoms with Gasteiger partial charge in [0.15, 0.2) is 0 Å². The number of thiophene rings is 1. The Hall–Kier alpha value is -1.16. The lowest BCUT2D eigenvalue weighted by Gasteiger charge is -2.03. The average Bonchev–Trinajstić information content (AvgIpc) is 3.03. The predicted molar refractivity (Wildman–Crippen MR) is 87.6 cm³/mol. The molecular weight excluding hydrogens is 392 g/mol. The zero-order valence-electron chi connectivity index (χ0n) is 12.2. The maximum Gasteiger partial charge on any atom is 0.256 e. The van der Waals surface area contributed by atoms with Gasteiger partial charge in [-0.3, -0.25) is 4.79 Å². The summed E-state index contributed by atoms with van der Waals surface area (Å²) in [5.41, 5.74) is 0.456. The van der Waals surface area contributed by atoms with Crippen LogP contribution in [0.4, 0.5) is 0 Å². The van der Waals surface area contributed by atoms with E-state index >= 15 is 0 Å². The van der Waals surface area contributed by atoms with Gasteiger partial charge in [0.05, 0.1) is 16.6 Å². The summed E-state index contributed by atoms with van der Waals surface area (Å²) in [6.07, 6.45) is 0. The standard InChI is InChI=1S/C13H15BrN2O4S2/c1-7-11(12(14)8(2)20-7)13(17)16-6-9-4-5-10(21-9)22(18,19)15-3/h4-5,15H,6H2,1-3H3,(H,16,17). The molecular formula is C13H15BrN2O4S2. The van der Waals surface area contributed by atoms with Crippen molar-refractivity contribution in [1.82, 2.24) is 10.0 Å². The first kappa shape index (κ1) is 17.2. The molecule has 0 atom stereocenters. The molecule has 0 aliphatic rings. The zero-order chi connectivity index (χ0) is 16.5. The number of hydrogen-bond acceptors (Lipinski definition) is 5. The molecule has 1 amide bonds. The van der Waals surface area contributed by atoms with Crippen LogP contribution in [-0.2, 0) is 16.6 Å². The van der Waals surface area contributed by atoms with Crippen LogP contribution in [0.3, 0.4) is 0 Å². The third-order valence-electron chi connectivity index (χ3n) is 3.01. The van der Waals surface area contributed by atoms with Crippen molar-refractivity contribution in [3.8, 4) is 0 Å². The van der Waals surface area contributed by atoms with E-state index in [2.05, 4.69) is 26.0 Å². The second kappa shape index (κ2) is 6.53. The molecule has 0 aromatic carbocycles. The van der Waals surface area contributed by atoms with Crippen LogP contribution in [0.5, 0.6) is 0 Å². The number of carbonyl (C=O) groups excluding carboxylic acids is 1. The molecule has 2 heterocycles. The predicted octanol–water partition coefficient (Wildman–Crippen LogP) is 2.56. The highest BCUT2D eigenvalue weighted by Gasteiger charge is 2.20. The van der Waals surface area contributed by atoms with Crippen molar-refractivity contribution in [2.45, 2.75) is 24.6 Å². The molecule has 0 aliphatic carbocycles. The van der Waals surface area contributed by atoms with Crippen LogP contribution in [0.15, 0.2) is 25.2 Å². The molecule has 0 saturated heterocycles. The third kappa shape index (κ3) is 3.43. The molecule has 0 fully saturated rings. The normalized spacial score (nSPS) is 11.6. The Balaban J connectivity index is 2.09. The Morgan fingerprint density at radius 1 is 1.32 bits per heavy atom. The Morgan fingerprint density at radius 3 is 2.55 bits per heavy atom. The Kier molecular flexibility index (Phi) is 5.10. The summed E-state index contributed by atoms with van der Waals surface area (Å²) in [6.45, 7) is 3.73.